The van der Waals surface area contributed by atoms with Gasteiger partial charge in [0.05, 0.1) is 31.1 Å². The monoisotopic (exact) mass is 527 g/mol. The lowest BCUT2D eigenvalue weighted by atomic mass is 9.81. The molecule has 2 aromatic rings. The van der Waals surface area contributed by atoms with Crippen LogP contribution in [-0.4, -0.2) is 63.6 Å². The van der Waals surface area contributed by atoms with Crippen molar-refractivity contribution in [2.24, 2.45) is 10.7 Å². The third-order valence-electron chi connectivity index (χ3n) is 6.16. The molecule has 1 saturated heterocycles. The van der Waals surface area contributed by atoms with Gasteiger partial charge in [-0.1, -0.05) is 23.7 Å². The van der Waals surface area contributed by atoms with Gasteiger partial charge in [-0.2, -0.15) is 0 Å². The molecule has 8 nitrogen and oxygen atoms in total. The highest BCUT2D eigenvalue weighted by Crippen LogP contribution is 2.47. The van der Waals surface area contributed by atoms with Gasteiger partial charge in [-0.15, -0.1) is 6.42 Å². The maximum Gasteiger partial charge on any atom is 0.239 e. The molecule has 11 heteroatoms. The van der Waals surface area contributed by atoms with Gasteiger partial charge in [0.2, 0.25) is 11.8 Å². The molecule has 4 rings (SSSR count). The zero-order chi connectivity index (χ0) is 26.6. The number of terminal acetylenes is 1. The number of carbonyl (C=O) groups excluding carboxylic acids is 1. The summed E-state index contributed by atoms with van der Waals surface area (Å²) in [6, 6.07) is 4.21. The van der Waals surface area contributed by atoms with Crippen LogP contribution in [0.1, 0.15) is 37.1 Å². The summed E-state index contributed by atoms with van der Waals surface area (Å²) in [6.45, 7) is 5.44. The molecule has 1 aromatic carbocycles. The number of thioether (sulfide) groups is 1. The molecule has 1 fully saturated rings. The Bertz CT molecular complexity index is 1270. The number of rotatable bonds is 6. The average molecular weight is 528 g/mol. The number of ether oxygens (including phenoxy) is 2. The molecule has 0 spiro atoms. The van der Waals surface area contributed by atoms with Gasteiger partial charge in [-0.05, 0) is 37.6 Å². The Morgan fingerprint density at radius 3 is 2.76 bits per heavy atom. The van der Waals surface area contributed by atoms with Gasteiger partial charge in [0, 0.05) is 25.1 Å². The number of hydrogen-bond acceptors (Lipinski definition) is 8. The van der Waals surface area contributed by atoms with Gasteiger partial charge >= 0.3 is 0 Å². The minimum Gasteiger partial charge on any atom is -0.463 e. The molecule has 0 radical (unpaired) electrons. The van der Waals surface area contributed by atoms with Crippen molar-refractivity contribution in [3.63, 3.8) is 0 Å². The van der Waals surface area contributed by atoms with Gasteiger partial charge in [-0.3, -0.25) is 9.79 Å². The molecule has 1 aromatic heterocycles. The van der Waals surface area contributed by atoms with Crippen LogP contribution in [0, 0.1) is 18.2 Å². The Hall–Kier alpha value is -3.49. The summed E-state index contributed by atoms with van der Waals surface area (Å²) in [5.41, 5.74) is 5.59. The molecule has 0 bridgehead atoms. The lowest BCUT2D eigenvalue weighted by molar-refractivity contribution is -0.138. The number of morpholine rings is 1. The Balaban J connectivity index is 1.62. The summed E-state index contributed by atoms with van der Waals surface area (Å²) in [4.78, 5) is 27.7. The van der Waals surface area contributed by atoms with Crippen LogP contribution in [0.4, 0.5) is 8.78 Å². The summed E-state index contributed by atoms with van der Waals surface area (Å²) in [7, 11) is 0. The van der Waals surface area contributed by atoms with E-state index < -0.39 is 21.9 Å². The predicted molar refractivity (Wildman–Crippen MR) is 139 cm³/mol. The van der Waals surface area contributed by atoms with E-state index in [9.17, 15) is 9.18 Å². The van der Waals surface area contributed by atoms with Crippen LogP contribution >= 0.6 is 11.8 Å². The third-order valence-corrected chi connectivity index (χ3v) is 7.23. The number of nitrogens with two attached hydrogens (primary N) is 1. The molecule has 0 aliphatic carbocycles. The van der Waals surface area contributed by atoms with E-state index >= 15 is 4.39 Å². The highest BCUT2D eigenvalue weighted by molar-refractivity contribution is 8.15. The zero-order valence-electron chi connectivity index (χ0n) is 20.5. The largest absolute Gasteiger partial charge is 0.463 e. The number of amidine groups is 1. The summed E-state index contributed by atoms with van der Waals surface area (Å²) < 4.78 is 39.6. The first-order valence-corrected chi connectivity index (χ1v) is 12.4. The Morgan fingerprint density at radius 1 is 1.32 bits per heavy atom. The van der Waals surface area contributed by atoms with E-state index in [-0.39, 0.29) is 41.2 Å². The molecule has 194 valence electrons. The van der Waals surface area contributed by atoms with E-state index in [0.717, 1.165) is 0 Å². The zero-order valence-corrected chi connectivity index (χ0v) is 21.4. The van der Waals surface area contributed by atoms with Crippen LogP contribution in [0.15, 0.2) is 35.6 Å². The predicted octanol–water partition coefficient (Wildman–Crippen LogP) is 3.38. The fourth-order valence-electron chi connectivity index (χ4n) is 4.50. The normalized spacial score (nSPS) is 24.2. The maximum absolute atomic E-state index is 15.1. The van der Waals surface area contributed by atoms with Crippen molar-refractivity contribution in [2.45, 2.75) is 30.6 Å². The number of aliphatic imine (C=N–C) groups is 1. The van der Waals surface area contributed by atoms with Crippen LogP contribution in [0.2, 0.25) is 0 Å². The minimum absolute atomic E-state index is 0.0199. The third kappa shape index (κ3) is 5.92. The molecule has 0 saturated carbocycles. The molecular weight excluding hydrogens is 500 g/mol. The van der Waals surface area contributed by atoms with Gasteiger partial charge in [0.25, 0.3) is 0 Å². The average Bonchev–Trinajstić information content (AvgIpc) is 2.88. The van der Waals surface area contributed by atoms with Crippen molar-refractivity contribution in [3.05, 3.63) is 53.2 Å². The smallest absolute Gasteiger partial charge is 0.239 e. The Kier molecular flexibility index (Phi) is 7.80. The number of nitrogens with zero attached hydrogens (tertiary/aromatic N) is 4. The van der Waals surface area contributed by atoms with Crippen LogP contribution in [0.3, 0.4) is 0 Å². The van der Waals surface area contributed by atoms with Crippen LogP contribution in [0.5, 0.6) is 5.88 Å². The number of aromatic nitrogens is 2. The summed E-state index contributed by atoms with van der Waals surface area (Å²) >= 11 is 1.18. The molecule has 1 amide bonds. The molecule has 2 N–H and O–H groups in total. The van der Waals surface area contributed by atoms with Gasteiger partial charge in [-0.25, -0.2) is 18.7 Å². The number of amides is 1. The second-order valence-corrected chi connectivity index (χ2v) is 10.6. The maximum atomic E-state index is 15.1. The van der Waals surface area contributed by atoms with Gasteiger partial charge in [0.15, 0.2) is 17.6 Å². The highest BCUT2D eigenvalue weighted by atomic mass is 32.2. The lowest BCUT2D eigenvalue weighted by Gasteiger charge is -2.43. The van der Waals surface area contributed by atoms with Crippen LogP contribution in [-0.2, 0) is 15.1 Å². The summed E-state index contributed by atoms with van der Waals surface area (Å²) in [5, 5.41) is 0.187. The minimum atomic E-state index is -1.15. The molecule has 2 atom stereocenters. The fraction of sp³-hybridized carbons (Fsp3) is 0.385. The topological polar surface area (TPSA) is 103 Å². The summed E-state index contributed by atoms with van der Waals surface area (Å²) in [6.07, 6.45) is 9.05. The van der Waals surface area contributed by atoms with E-state index in [1.54, 1.807) is 18.7 Å². The Labute approximate surface area is 218 Å². The van der Waals surface area contributed by atoms with E-state index in [1.807, 2.05) is 0 Å². The highest BCUT2D eigenvalue weighted by Gasteiger charge is 2.49. The fourth-order valence-corrected chi connectivity index (χ4v) is 5.78. The van der Waals surface area contributed by atoms with E-state index in [1.165, 1.54) is 48.4 Å². The molecule has 2 aliphatic rings. The van der Waals surface area contributed by atoms with Crippen molar-refractivity contribution in [2.75, 3.05) is 32.9 Å². The van der Waals surface area contributed by atoms with Crippen molar-refractivity contribution in [3.8, 4) is 18.2 Å². The number of carbonyl (C=O) groups is 1. The second-order valence-electron chi connectivity index (χ2n) is 9.10. The van der Waals surface area contributed by atoms with Gasteiger partial charge in [0.1, 0.15) is 16.3 Å². The molecule has 3 heterocycles. The van der Waals surface area contributed by atoms with E-state index in [4.69, 9.17) is 21.6 Å². The number of benzene rings is 1. The first-order chi connectivity index (χ1) is 17.6. The van der Waals surface area contributed by atoms with Crippen molar-refractivity contribution < 1.29 is 23.0 Å². The number of hydrogen-bond donors (Lipinski definition) is 1. The number of halogens is 2. The summed E-state index contributed by atoms with van der Waals surface area (Å²) in [5.74, 6) is 1.18. The van der Waals surface area contributed by atoms with Crippen molar-refractivity contribution in [1.82, 2.24) is 14.9 Å². The first kappa shape index (κ1) is 26.6. The van der Waals surface area contributed by atoms with Crippen molar-refractivity contribution >= 4 is 34.7 Å². The van der Waals surface area contributed by atoms with E-state index in [2.05, 4.69) is 20.9 Å². The van der Waals surface area contributed by atoms with Crippen LogP contribution in [0.25, 0.3) is 11.9 Å². The van der Waals surface area contributed by atoms with Crippen LogP contribution < -0.4 is 10.5 Å². The van der Waals surface area contributed by atoms with Gasteiger partial charge < -0.3 is 20.1 Å². The quantitative estimate of drug-likeness (QED) is 0.575. The molecule has 37 heavy (non-hydrogen) atoms. The van der Waals surface area contributed by atoms with Crippen molar-refractivity contribution in [1.29, 1.82) is 0 Å². The molecule has 2 aliphatic heterocycles. The Morgan fingerprint density at radius 2 is 2.08 bits per heavy atom. The van der Waals surface area contributed by atoms with E-state index in [0.29, 0.717) is 31.9 Å². The lowest BCUT2D eigenvalue weighted by Crippen LogP contribution is -2.54. The first-order valence-electron chi connectivity index (χ1n) is 11.6. The molecule has 0 unspecified atom stereocenters. The standard InChI is InChI=1S/C26H27F2N5O3S/c1-4-9-36-22-15-30-21(14-31-22)20(28)13-17-5-6-19(27)18(12-17)25(2)16-26(3,37-24(29)32-25)23(34)33-7-10-35-11-8-33/h1,5-6,12-15H,7-11,16H2,2-3H3,(H2,29,32)/b20-13-/t25-,26+/m0/s1. The second kappa shape index (κ2) is 10.9. The SMILES string of the molecule is C#CCOc1cnc(/C(F)=C/c2ccc(F)c([C@]3(C)C[C@](C)(C(=O)N4CCOCC4)SC(N)=N3)c2)cn1. The molecular formula is C26H27F2N5O3S.